The van der Waals surface area contributed by atoms with Crippen LogP contribution in [0.1, 0.15) is 0 Å². The Hall–Kier alpha value is -6.89. The maximum Gasteiger partial charge on any atom is 0.187 e. The Bertz CT molecular complexity index is 3000. The number of hydrogen-bond acceptors (Lipinski definition) is 2. The average Bonchev–Trinajstić information content (AvgIpc) is 3.17. The van der Waals surface area contributed by atoms with Gasteiger partial charge in [0, 0.05) is 21.9 Å². The minimum Gasteiger partial charge on any atom is -0.456 e. The molecule has 0 radical (unpaired) electrons. The predicted molar refractivity (Wildman–Crippen MR) is 205 cm³/mol. The molecule has 0 bridgehead atoms. The zero-order valence-corrected chi connectivity index (χ0v) is 26.7. The van der Waals surface area contributed by atoms with E-state index in [9.17, 15) is 0 Å². The van der Waals surface area contributed by atoms with Gasteiger partial charge in [-0.3, -0.25) is 0 Å². The number of rotatable bonds is 2. The molecule has 3 nitrogen and oxygen atoms in total. The van der Waals surface area contributed by atoms with Gasteiger partial charge in [-0.25, -0.2) is 4.85 Å². The maximum atomic E-state index is 8.00. The van der Waals surface area contributed by atoms with Gasteiger partial charge in [0.25, 0.3) is 0 Å². The molecule has 50 heavy (non-hydrogen) atoms. The molecule has 0 aromatic heterocycles. The summed E-state index contributed by atoms with van der Waals surface area (Å²) >= 11 is 0. The predicted octanol–water partition coefficient (Wildman–Crippen LogP) is 13.7. The van der Waals surface area contributed by atoms with Gasteiger partial charge in [-0.2, -0.15) is 0 Å². The average molecular weight is 636 g/mol. The molecule has 9 aromatic rings. The van der Waals surface area contributed by atoms with Crippen LogP contribution in [0.25, 0.3) is 92.4 Å². The van der Waals surface area contributed by atoms with E-state index in [1.54, 1.807) is 0 Å². The number of ether oxygens (including phenoxy) is 2. The summed E-state index contributed by atoms with van der Waals surface area (Å²) in [6.07, 6.45) is 0. The minimum atomic E-state index is 0.613. The second-order valence-electron chi connectivity index (χ2n) is 13.0. The van der Waals surface area contributed by atoms with Crippen LogP contribution in [0.5, 0.6) is 23.0 Å². The van der Waals surface area contributed by atoms with E-state index in [0.29, 0.717) is 5.69 Å². The molecule has 3 heteroatoms. The van der Waals surface area contributed by atoms with Gasteiger partial charge < -0.3 is 9.47 Å². The Morgan fingerprint density at radius 3 is 1.48 bits per heavy atom. The molecule has 0 spiro atoms. The fourth-order valence-corrected chi connectivity index (χ4v) is 8.41. The first kappa shape index (κ1) is 27.1. The SMILES string of the molecule is [C-]#[N+]c1ccc2c(-c3ccc4c5c(cccc35)Oc3ccccc3-4)c3ccccc3c(-c3ccc4c5c(cccc35)-c3ccccc3O4)c2c1. The molecule has 2 aliphatic heterocycles. The Morgan fingerprint density at radius 1 is 0.340 bits per heavy atom. The first-order chi connectivity index (χ1) is 24.8. The van der Waals surface area contributed by atoms with E-state index in [1.807, 2.05) is 30.3 Å². The summed E-state index contributed by atoms with van der Waals surface area (Å²) in [4.78, 5) is 3.90. The standard InChI is InChI=1S/C47H25NO2/c1-48-27-20-21-38-39(26-27)45(37-24-25-43-46-30(14-8-15-33(37)46)28-10-4-6-17-40(28)50-43)32-13-3-2-12-31(32)44(38)36-23-22-35-29-11-5-7-18-41(29)49-42-19-9-16-34(36)47(35)42/h2-26H. The second kappa shape index (κ2) is 10.1. The number of fused-ring (bicyclic) bond motifs is 6. The van der Waals surface area contributed by atoms with Crippen LogP contribution in [0.4, 0.5) is 5.69 Å². The summed E-state index contributed by atoms with van der Waals surface area (Å²) in [6, 6.07) is 53.1. The van der Waals surface area contributed by atoms with E-state index in [2.05, 4.69) is 126 Å². The van der Waals surface area contributed by atoms with Crippen LogP contribution < -0.4 is 9.47 Å². The third-order valence-corrected chi connectivity index (χ3v) is 10.5. The fourth-order valence-electron chi connectivity index (χ4n) is 8.41. The van der Waals surface area contributed by atoms with Gasteiger partial charge in [0.15, 0.2) is 5.69 Å². The van der Waals surface area contributed by atoms with Crippen molar-refractivity contribution in [2.24, 2.45) is 0 Å². The van der Waals surface area contributed by atoms with E-state index < -0.39 is 0 Å². The van der Waals surface area contributed by atoms with Crippen molar-refractivity contribution in [2.45, 2.75) is 0 Å². The van der Waals surface area contributed by atoms with Crippen LogP contribution in [0.2, 0.25) is 0 Å². The first-order valence-electron chi connectivity index (χ1n) is 16.8. The quantitative estimate of drug-likeness (QED) is 0.139. The smallest absolute Gasteiger partial charge is 0.187 e. The van der Waals surface area contributed by atoms with Crippen molar-refractivity contribution < 1.29 is 9.47 Å². The first-order valence-corrected chi connectivity index (χ1v) is 16.8. The highest BCUT2D eigenvalue weighted by Crippen LogP contribution is 2.54. The van der Waals surface area contributed by atoms with Crippen molar-refractivity contribution in [3.8, 4) is 67.5 Å². The summed E-state index contributed by atoms with van der Waals surface area (Å²) in [5.74, 6) is 3.48. The maximum absolute atomic E-state index is 8.00. The highest BCUT2D eigenvalue weighted by atomic mass is 16.5. The molecule has 0 N–H and O–H groups in total. The summed E-state index contributed by atoms with van der Waals surface area (Å²) < 4.78 is 13.0. The third kappa shape index (κ3) is 3.62. The lowest BCUT2D eigenvalue weighted by atomic mass is 9.82. The molecule has 0 fully saturated rings. The highest BCUT2D eigenvalue weighted by Gasteiger charge is 2.26. The number of para-hydroxylation sites is 2. The lowest BCUT2D eigenvalue weighted by Gasteiger charge is -2.25. The van der Waals surface area contributed by atoms with Crippen molar-refractivity contribution in [1.82, 2.24) is 0 Å². The molecule has 0 saturated heterocycles. The molecule has 230 valence electrons. The molecule has 0 aliphatic carbocycles. The zero-order chi connectivity index (χ0) is 32.9. The Labute approximate surface area is 288 Å². The van der Waals surface area contributed by atoms with Crippen molar-refractivity contribution in [3.05, 3.63) is 163 Å². The highest BCUT2D eigenvalue weighted by molar-refractivity contribution is 6.27. The van der Waals surface area contributed by atoms with Crippen LogP contribution >= 0.6 is 0 Å². The van der Waals surface area contributed by atoms with Crippen LogP contribution in [0, 0.1) is 6.57 Å². The third-order valence-electron chi connectivity index (χ3n) is 10.5. The number of hydrogen-bond donors (Lipinski definition) is 0. The molecule has 0 saturated carbocycles. The van der Waals surface area contributed by atoms with Gasteiger partial charge in [-0.1, -0.05) is 115 Å². The lowest BCUT2D eigenvalue weighted by Crippen LogP contribution is -1.99. The van der Waals surface area contributed by atoms with Crippen molar-refractivity contribution in [2.75, 3.05) is 0 Å². The summed E-state index contributed by atoms with van der Waals surface area (Å²) in [5, 5.41) is 8.93. The topological polar surface area (TPSA) is 22.8 Å². The van der Waals surface area contributed by atoms with Gasteiger partial charge in [0.2, 0.25) is 0 Å². The van der Waals surface area contributed by atoms with Gasteiger partial charge in [-0.05, 0) is 102 Å². The van der Waals surface area contributed by atoms with Crippen LogP contribution in [0.3, 0.4) is 0 Å². The molecule has 0 amide bonds. The van der Waals surface area contributed by atoms with Crippen molar-refractivity contribution in [3.63, 3.8) is 0 Å². The van der Waals surface area contributed by atoms with Crippen molar-refractivity contribution in [1.29, 1.82) is 0 Å². The summed E-state index contributed by atoms with van der Waals surface area (Å²) in [5.41, 5.74) is 9.67. The van der Waals surface area contributed by atoms with Gasteiger partial charge in [-0.15, -0.1) is 0 Å². The van der Waals surface area contributed by atoms with Crippen LogP contribution in [-0.4, -0.2) is 0 Å². The van der Waals surface area contributed by atoms with Gasteiger partial charge in [0.05, 0.1) is 6.57 Å². The Morgan fingerprint density at radius 2 is 0.800 bits per heavy atom. The molecular weight excluding hydrogens is 611 g/mol. The molecule has 2 heterocycles. The molecular formula is C47H25NO2. The number of benzene rings is 9. The minimum absolute atomic E-state index is 0.613. The Kier molecular flexibility index (Phi) is 5.45. The lowest BCUT2D eigenvalue weighted by molar-refractivity contribution is 0.487. The summed E-state index contributed by atoms with van der Waals surface area (Å²) in [7, 11) is 0. The van der Waals surface area contributed by atoms with E-state index in [4.69, 9.17) is 16.0 Å². The van der Waals surface area contributed by atoms with E-state index >= 15 is 0 Å². The van der Waals surface area contributed by atoms with Gasteiger partial charge in [0.1, 0.15) is 23.0 Å². The molecule has 0 atom stereocenters. The van der Waals surface area contributed by atoms with Crippen molar-refractivity contribution >= 4 is 48.8 Å². The zero-order valence-electron chi connectivity index (χ0n) is 26.7. The molecule has 9 aromatic carbocycles. The normalized spacial score (nSPS) is 12.3. The van der Waals surface area contributed by atoms with E-state index in [1.165, 1.54) is 11.1 Å². The second-order valence-corrected chi connectivity index (χ2v) is 13.0. The van der Waals surface area contributed by atoms with E-state index in [0.717, 1.165) is 99.5 Å². The van der Waals surface area contributed by atoms with E-state index in [-0.39, 0.29) is 0 Å². The molecule has 2 aliphatic rings. The number of nitrogens with zero attached hydrogens (tertiary/aromatic N) is 1. The monoisotopic (exact) mass is 635 g/mol. The summed E-state index contributed by atoms with van der Waals surface area (Å²) in [6.45, 7) is 8.00. The van der Waals surface area contributed by atoms with Crippen LogP contribution in [-0.2, 0) is 0 Å². The fraction of sp³-hybridized carbons (Fsp3) is 0. The van der Waals surface area contributed by atoms with Gasteiger partial charge >= 0.3 is 0 Å². The Balaban J connectivity index is 1.26. The largest absolute Gasteiger partial charge is 0.456 e. The molecule has 0 unspecified atom stereocenters. The molecule has 11 rings (SSSR count). The van der Waals surface area contributed by atoms with Crippen LogP contribution in [0.15, 0.2) is 152 Å².